The van der Waals surface area contributed by atoms with Gasteiger partial charge in [0.15, 0.2) is 11.6 Å². The van der Waals surface area contributed by atoms with Crippen LogP contribution in [0.5, 0.6) is 0 Å². The zero-order valence-corrected chi connectivity index (χ0v) is 4.97. The van der Waals surface area contributed by atoms with Gasteiger partial charge in [0.25, 0.3) is 0 Å². The van der Waals surface area contributed by atoms with Gasteiger partial charge in [-0.1, -0.05) is 0 Å². The van der Waals surface area contributed by atoms with Gasteiger partial charge >= 0.3 is 0 Å². The third-order valence-corrected chi connectivity index (χ3v) is 0.900. The van der Waals surface area contributed by atoms with Crippen molar-refractivity contribution >= 4 is 12.2 Å². The van der Waals surface area contributed by atoms with Crippen LogP contribution in [0.15, 0.2) is 12.3 Å². The lowest BCUT2D eigenvalue weighted by Crippen LogP contribution is -1.98. The minimum absolute atomic E-state index is 0.0752. The van der Waals surface area contributed by atoms with E-state index in [1.165, 1.54) is 6.20 Å². The van der Waals surface area contributed by atoms with E-state index < -0.39 is 5.82 Å². The summed E-state index contributed by atoms with van der Waals surface area (Å²) in [7, 11) is 0. The summed E-state index contributed by atoms with van der Waals surface area (Å²) in [6.45, 7) is 0. The highest BCUT2D eigenvalue weighted by Gasteiger charge is 1.97. The number of rotatable bonds is 2. The Hall–Kier alpha value is -1.45. The molecule has 1 N–H and O–H groups in total. The molecule has 0 spiro atoms. The van der Waals surface area contributed by atoms with Crippen LogP contribution in [0, 0.1) is 11.9 Å². The number of pyridine rings is 1. The number of amides is 1. The Labute approximate surface area is 56.9 Å². The fourth-order valence-corrected chi connectivity index (χ4v) is 0.504. The van der Waals surface area contributed by atoms with Crippen molar-refractivity contribution in [2.45, 2.75) is 0 Å². The maximum atomic E-state index is 12.5. The zero-order chi connectivity index (χ0) is 7.40. The van der Waals surface area contributed by atoms with Gasteiger partial charge in [0.05, 0.1) is 0 Å². The van der Waals surface area contributed by atoms with Crippen molar-refractivity contribution in [3.8, 4) is 0 Å². The second-order valence-electron chi connectivity index (χ2n) is 1.53. The van der Waals surface area contributed by atoms with Crippen LogP contribution in [0.25, 0.3) is 0 Å². The molecule has 1 aromatic heterocycles. The fraction of sp³-hybridized carbons (Fsp3) is 0. The molecule has 1 radical (unpaired) electrons. The van der Waals surface area contributed by atoms with Crippen LogP contribution < -0.4 is 5.32 Å². The molecular formula is C6H4FN2O. The third kappa shape index (κ3) is 1.28. The van der Waals surface area contributed by atoms with Gasteiger partial charge in [-0.05, 0) is 6.07 Å². The summed E-state index contributed by atoms with van der Waals surface area (Å²) in [5.74, 6) is -0.664. The number of anilines is 1. The van der Waals surface area contributed by atoms with Crippen molar-refractivity contribution in [2.24, 2.45) is 0 Å². The van der Waals surface area contributed by atoms with E-state index in [1.807, 2.05) is 0 Å². The van der Waals surface area contributed by atoms with E-state index in [0.29, 0.717) is 6.41 Å². The minimum atomic E-state index is -0.588. The molecule has 3 nitrogen and oxygen atoms in total. The summed E-state index contributed by atoms with van der Waals surface area (Å²) in [5.41, 5.74) is 0. The van der Waals surface area contributed by atoms with Gasteiger partial charge < -0.3 is 5.32 Å². The molecular weight excluding hydrogens is 135 g/mol. The van der Waals surface area contributed by atoms with Gasteiger partial charge in [0.2, 0.25) is 6.41 Å². The molecule has 10 heavy (non-hydrogen) atoms. The highest BCUT2D eigenvalue weighted by molar-refractivity contribution is 5.68. The molecule has 1 rings (SSSR count). The molecule has 1 heterocycles. The van der Waals surface area contributed by atoms with E-state index in [4.69, 9.17) is 0 Å². The Balaban J connectivity index is 2.91. The lowest BCUT2D eigenvalue weighted by Gasteiger charge is -1.95. The molecule has 1 amide bonds. The second kappa shape index (κ2) is 2.91. The van der Waals surface area contributed by atoms with Crippen LogP contribution in [-0.2, 0) is 4.79 Å². The van der Waals surface area contributed by atoms with Crippen LogP contribution in [0.3, 0.4) is 0 Å². The minimum Gasteiger partial charge on any atom is -0.311 e. The molecule has 1 aromatic rings. The first-order valence-corrected chi connectivity index (χ1v) is 2.56. The van der Waals surface area contributed by atoms with Gasteiger partial charge in [-0.15, -0.1) is 0 Å². The number of aromatic nitrogens is 1. The van der Waals surface area contributed by atoms with Crippen LogP contribution in [0.1, 0.15) is 0 Å². The van der Waals surface area contributed by atoms with Crippen molar-refractivity contribution in [3.05, 3.63) is 24.1 Å². The molecule has 51 valence electrons. The van der Waals surface area contributed by atoms with Crippen LogP contribution >= 0.6 is 0 Å². The van der Waals surface area contributed by atoms with Gasteiger partial charge in [-0.25, -0.2) is 9.37 Å². The smallest absolute Gasteiger partial charge is 0.212 e. The van der Waals surface area contributed by atoms with Crippen molar-refractivity contribution < 1.29 is 9.18 Å². The highest BCUT2D eigenvalue weighted by Crippen LogP contribution is 2.05. The molecule has 0 atom stereocenters. The number of carbonyl (C=O) groups is 1. The molecule has 0 aliphatic carbocycles. The summed E-state index contributed by atoms with van der Waals surface area (Å²) in [6.07, 6.45) is 1.64. The first-order valence-electron chi connectivity index (χ1n) is 2.56. The van der Waals surface area contributed by atoms with E-state index in [2.05, 4.69) is 16.4 Å². The van der Waals surface area contributed by atoms with E-state index in [9.17, 15) is 9.18 Å². The lowest BCUT2D eigenvalue weighted by molar-refractivity contribution is -0.105. The van der Waals surface area contributed by atoms with E-state index >= 15 is 0 Å². The summed E-state index contributed by atoms with van der Waals surface area (Å²) in [4.78, 5) is 13.3. The Morgan fingerprint density at radius 3 is 3.20 bits per heavy atom. The maximum Gasteiger partial charge on any atom is 0.212 e. The molecule has 4 heteroatoms. The van der Waals surface area contributed by atoms with Crippen molar-refractivity contribution in [2.75, 3.05) is 5.32 Å². The lowest BCUT2D eigenvalue weighted by atomic mass is 10.4. The molecule has 0 saturated carbocycles. The molecule has 0 saturated heterocycles. The molecule has 0 unspecified atom stereocenters. The second-order valence-corrected chi connectivity index (χ2v) is 1.53. The van der Waals surface area contributed by atoms with E-state index in [-0.39, 0.29) is 5.82 Å². The number of nitrogens with one attached hydrogen (secondary N) is 1. The zero-order valence-electron chi connectivity index (χ0n) is 4.97. The monoisotopic (exact) mass is 139 g/mol. The van der Waals surface area contributed by atoms with Crippen molar-refractivity contribution in [3.63, 3.8) is 0 Å². The SMILES string of the molecule is O=CNc1nc[c]cc1F. The molecule has 0 aliphatic heterocycles. The average Bonchev–Trinajstić information content (AvgIpc) is 1.94. The third-order valence-electron chi connectivity index (χ3n) is 0.900. The van der Waals surface area contributed by atoms with E-state index in [1.54, 1.807) is 0 Å². The molecule has 0 bridgehead atoms. The highest BCUT2D eigenvalue weighted by atomic mass is 19.1. The Bertz CT molecular complexity index is 239. The average molecular weight is 139 g/mol. The molecule has 0 aliphatic rings. The number of nitrogens with zero attached hydrogens (tertiary/aromatic N) is 1. The normalized spacial score (nSPS) is 8.90. The molecule has 0 fully saturated rings. The van der Waals surface area contributed by atoms with E-state index in [0.717, 1.165) is 6.07 Å². The van der Waals surface area contributed by atoms with Gasteiger partial charge in [-0.2, -0.15) is 0 Å². The standard InChI is InChI=1S/C6H4FN2O/c7-5-2-1-3-8-6(5)9-4-10/h2-4H,(H,8,9,10). The summed E-state index contributed by atoms with van der Waals surface area (Å²) < 4.78 is 12.5. The Kier molecular flexibility index (Phi) is 1.94. The van der Waals surface area contributed by atoms with Crippen LogP contribution in [0.2, 0.25) is 0 Å². The maximum absolute atomic E-state index is 12.5. The van der Waals surface area contributed by atoms with Crippen LogP contribution in [0.4, 0.5) is 10.2 Å². The predicted octanol–water partition coefficient (Wildman–Crippen LogP) is 0.589. The first kappa shape index (κ1) is 6.67. The van der Waals surface area contributed by atoms with Crippen molar-refractivity contribution in [1.82, 2.24) is 4.98 Å². The van der Waals surface area contributed by atoms with Gasteiger partial charge in [-0.3, -0.25) is 4.79 Å². The largest absolute Gasteiger partial charge is 0.311 e. The van der Waals surface area contributed by atoms with Crippen LogP contribution in [-0.4, -0.2) is 11.4 Å². The Morgan fingerprint density at radius 2 is 2.60 bits per heavy atom. The first-order chi connectivity index (χ1) is 4.84. The predicted molar refractivity (Wildman–Crippen MR) is 32.7 cm³/mol. The van der Waals surface area contributed by atoms with Crippen molar-refractivity contribution in [1.29, 1.82) is 0 Å². The molecule has 0 aromatic carbocycles. The summed E-state index contributed by atoms with van der Waals surface area (Å²) in [6, 6.07) is 3.51. The Morgan fingerprint density at radius 1 is 1.80 bits per heavy atom. The topological polar surface area (TPSA) is 42.0 Å². The number of hydrogen-bond acceptors (Lipinski definition) is 2. The fourth-order valence-electron chi connectivity index (χ4n) is 0.504. The summed E-state index contributed by atoms with van der Waals surface area (Å²) in [5, 5.41) is 2.09. The summed E-state index contributed by atoms with van der Waals surface area (Å²) >= 11 is 0. The number of hydrogen-bond donors (Lipinski definition) is 1. The number of carbonyl (C=O) groups excluding carboxylic acids is 1. The number of halogens is 1. The quantitative estimate of drug-likeness (QED) is 0.609. The van der Waals surface area contributed by atoms with Gasteiger partial charge in [0.1, 0.15) is 0 Å². The van der Waals surface area contributed by atoms with Gasteiger partial charge in [0, 0.05) is 12.3 Å².